The van der Waals surface area contributed by atoms with Crippen LogP contribution in [-0.4, -0.2) is 24.1 Å². The minimum atomic E-state index is -4.88. The molecule has 12 aromatic carbocycles. The second kappa shape index (κ2) is 21.1. The van der Waals surface area contributed by atoms with Crippen LogP contribution < -0.4 is 0 Å². The predicted octanol–water partition coefficient (Wildman–Crippen LogP) is 20.3. The van der Waals surface area contributed by atoms with Crippen LogP contribution >= 0.6 is 0 Å². The number of hydrogen-bond donors (Lipinski definition) is 0. The molecule has 3 aromatic heterocycles. The molecule has 0 saturated heterocycles. The van der Waals surface area contributed by atoms with Crippen LogP contribution in [0.2, 0.25) is 0 Å². The second-order valence-corrected chi connectivity index (χ2v) is 21.3. The number of hydrogen-bond acceptors (Lipinski definition) is 4. The lowest BCUT2D eigenvalue weighted by molar-refractivity contribution is -0.137. The second-order valence-electron chi connectivity index (χ2n) is 21.3. The van der Waals surface area contributed by atoms with Gasteiger partial charge in [-0.1, -0.05) is 212 Å². The molecular formula is C77H47F3N6. The van der Waals surface area contributed by atoms with Gasteiger partial charge in [0.15, 0.2) is 17.5 Å². The number of fused-ring (bicyclic) bond motifs is 6. The van der Waals surface area contributed by atoms with Crippen LogP contribution in [0.25, 0.3) is 145 Å². The minimum Gasteiger partial charge on any atom is -0.308 e. The van der Waals surface area contributed by atoms with Crippen LogP contribution in [0.15, 0.2) is 285 Å². The highest BCUT2D eigenvalue weighted by Gasteiger charge is 2.37. The lowest BCUT2D eigenvalue weighted by atomic mass is 9.93. The van der Waals surface area contributed by atoms with E-state index in [1.165, 1.54) is 6.07 Å². The van der Waals surface area contributed by atoms with Gasteiger partial charge in [0.25, 0.3) is 0 Å². The Labute approximate surface area is 493 Å². The van der Waals surface area contributed by atoms with Crippen LogP contribution in [0.5, 0.6) is 0 Å². The van der Waals surface area contributed by atoms with Crippen LogP contribution in [0.1, 0.15) is 11.1 Å². The molecule has 0 aliphatic rings. The Morgan fingerprint density at radius 2 is 0.640 bits per heavy atom. The van der Waals surface area contributed by atoms with Crippen molar-refractivity contribution < 1.29 is 13.2 Å². The molecule has 6 nitrogen and oxygen atoms in total. The third-order valence-corrected chi connectivity index (χ3v) is 16.3. The third kappa shape index (κ3) is 8.96. The maximum atomic E-state index is 16.4. The molecule has 0 aliphatic carbocycles. The molecule has 15 aromatic rings. The maximum Gasteiger partial charge on any atom is 0.417 e. The number of nitriles is 1. The summed E-state index contributed by atoms with van der Waals surface area (Å²) < 4.78 is 53.3. The SMILES string of the molecule is N#Cc1ccccc1-c1cccc(-n2c3ccc(-c4ccccc4)cc3c3cc(-c4ccccc4)ccc32)c1-c1nc(-c2ccccc2)nc(-c2c(-n3c4ccc(-c5ccccc5)cc4c4cc(-c5ccccc5)ccc43)cccc2C(F)(F)F)n1. The smallest absolute Gasteiger partial charge is 0.308 e. The van der Waals surface area contributed by atoms with E-state index >= 15 is 13.2 Å². The van der Waals surface area contributed by atoms with E-state index in [9.17, 15) is 5.26 Å². The molecule has 0 unspecified atom stereocenters. The van der Waals surface area contributed by atoms with E-state index in [0.29, 0.717) is 44.5 Å². The van der Waals surface area contributed by atoms with E-state index in [2.05, 4.69) is 108 Å². The average molecular weight is 1110 g/mol. The Hall–Kier alpha value is -11.5. The van der Waals surface area contributed by atoms with Crippen molar-refractivity contribution in [2.45, 2.75) is 6.18 Å². The molecule has 0 fully saturated rings. The van der Waals surface area contributed by atoms with E-state index in [1.807, 2.05) is 168 Å². The predicted molar refractivity (Wildman–Crippen MR) is 342 cm³/mol. The van der Waals surface area contributed by atoms with Crippen molar-refractivity contribution in [3.63, 3.8) is 0 Å². The van der Waals surface area contributed by atoms with Crippen molar-refractivity contribution in [2.24, 2.45) is 0 Å². The van der Waals surface area contributed by atoms with Gasteiger partial charge >= 0.3 is 6.18 Å². The highest BCUT2D eigenvalue weighted by molar-refractivity contribution is 6.14. The van der Waals surface area contributed by atoms with Gasteiger partial charge in [0.1, 0.15) is 0 Å². The molecule has 0 aliphatic heterocycles. The lowest BCUT2D eigenvalue weighted by Gasteiger charge is -2.21. The molecule has 0 spiro atoms. The van der Waals surface area contributed by atoms with Gasteiger partial charge in [-0.3, -0.25) is 0 Å². The fourth-order valence-electron chi connectivity index (χ4n) is 12.3. The van der Waals surface area contributed by atoms with Gasteiger partial charge in [0, 0.05) is 32.7 Å². The topological polar surface area (TPSA) is 72.3 Å². The highest BCUT2D eigenvalue weighted by Crippen LogP contribution is 2.47. The van der Waals surface area contributed by atoms with Crippen molar-refractivity contribution in [3.8, 4) is 107 Å². The monoisotopic (exact) mass is 1110 g/mol. The number of halogens is 3. The summed E-state index contributed by atoms with van der Waals surface area (Å²) in [6.45, 7) is 0. The Morgan fingerprint density at radius 3 is 1.05 bits per heavy atom. The summed E-state index contributed by atoms with van der Waals surface area (Å²) in [4.78, 5) is 15.8. The van der Waals surface area contributed by atoms with Gasteiger partial charge in [-0.2, -0.15) is 18.4 Å². The molecule has 15 rings (SSSR count). The largest absolute Gasteiger partial charge is 0.417 e. The third-order valence-electron chi connectivity index (χ3n) is 16.3. The van der Waals surface area contributed by atoms with E-state index < -0.39 is 11.7 Å². The van der Waals surface area contributed by atoms with Gasteiger partial charge < -0.3 is 9.13 Å². The van der Waals surface area contributed by atoms with Gasteiger partial charge in [0.2, 0.25) is 0 Å². The average Bonchev–Trinajstić information content (AvgIpc) is 1.79. The molecular weight excluding hydrogens is 1070 g/mol. The van der Waals surface area contributed by atoms with Gasteiger partial charge in [-0.05, 0) is 123 Å². The molecule has 0 saturated carbocycles. The lowest BCUT2D eigenvalue weighted by Crippen LogP contribution is -2.13. The zero-order valence-corrected chi connectivity index (χ0v) is 46.0. The number of aromatic nitrogens is 5. The first-order valence-electron chi connectivity index (χ1n) is 28.3. The first kappa shape index (κ1) is 51.4. The van der Waals surface area contributed by atoms with Crippen molar-refractivity contribution in [1.29, 1.82) is 5.26 Å². The molecule has 9 heteroatoms. The fraction of sp³-hybridized carbons (Fsp3) is 0.0130. The zero-order chi connectivity index (χ0) is 57.9. The molecule has 3 heterocycles. The molecule has 0 bridgehead atoms. The molecule has 0 radical (unpaired) electrons. The zero-order valence-electron chi connectivity index (χ0n) is 46.0. The standard InChI is InChI=1S/C77H47F3N6/c78-77(79,80)65-33-19-35-71(86-68-42-38-56(51-24-10-3-11-25-51)46-63(68)64-47-57(39-43-69(64)86)52-26-12-4-13-27-52)73(65)76-83-74(53-28-14-5-15-29-53)82-75(84-76)72-60(59-31-17-16-30-58(59)48-81)32-18-34-70(72)85-66-40-36-54(49-20-6-1-7-21-49)44-61(66)62-45-55(37-41-67(62)85)50-22-8-2-9-23-50/h1-47H. The summed E-state index contributed by atoms with van der Waals surface area (Å²) in [5, 5.41) is 14.5. The maximum absolute atomic E-state index is 16.4. The molecule has 0 amide bonds. The summed E-state index contributed by atoms with van der Waals surface area (Å²) in [6.07, 6.45) is -4.88. The first-order valence-corrected chi connectivity index (χ1v) is 28.3. The van der Waals surface area contributed by atoms with Crippen LogP contribution in [0, 0.1) is 11.3 Å². The number of alkyl halides is 3. The minimum absolute atomic E-state index is 0.106. The van der Waals surface area contributed by atoms with E-state index in [1.54, 1.807) is 12.1 Å². The Balaban J connectivity index is 1.04. The fourth-order valence-corrected chi connectivity index (χ4v) is 12.3. The first-order chi connectivity index (χ1) is 42.3. The van der Waals surface area contributed by atoms with Crippen LogP contribution in [0.3, 0.4) is 0 Å². The van der Waals surface area contributed by atoms with Crippen LogP contribution in [0.4, 0.5) is 13.2 Å². The van der Waals surface area contributed by atoms with Crippen molar-refractivity contribution in [3.05, 3.63) is 296 Å². The number of benzene rings is 12. The summed E-state index contributed by atoms with van der Waals surface area (Å²) >= 11 is 0. The highest BCUT2D eigenvalue weighted by atomic mass is 19.4. The van der Waals surface area contributed by atoms with Crippen molar-refractivity contribution >= 4 is 43.6 Å². The molecule has 406 valence electrons. The summed E-state index contributed by atoms with van der Waals surface area (Å²) in [5.41, 5.74) is 13.6. The summed E-state index contributed by atoms with van der Waals surface area (Å²) in [6, 6.07) is 95.0. The Bertz CT molecular complexity index is 4950. The molecule has 0 atom stereocenters. The van der Waals surface area contributed by atoms with Gasteiger partial charge in [-0.15, -0.1) is 0 Å². The molecule has 86 heavy (non-hydrogen) atoms. The Morgan fingerprint density at radius 1 is 0.302 bits per heavy atom. The normalized spacial score (nSPS) is 11.7. The summed E-state index contributed by atoms with van der Waals surface area (Å²) in [5.74, 6) is 0.0756. The van der Waals surface area contributed by atoms with E-state index in [0.717, 1.165) is 83.2 Å². The van der Waals surface area contributed by atoms with Crippen molar-refractivity contribution in [2.75, 3.05) is 0 Å². The van der Waals surface area contributed by atoms with E-state index in [4.69, 9.17) is 15.0 Å². The van der Waals surface area contributed by atoms with Crippen molar-refractivity contribution in [1.82, 2.24) is 24.1 Å². The van der Waals surface area contributed by atoms with Gasteiger partial charge in [-0.25, -0.2) is 15.0 Å². The van der Waals surface area contributed by atoms with Crippen LogP contribution in [-0.2, 0) is 6.18 Å². The quantitative estimate of drug-likeness (QED) is 0.137. The number of nitrogens with zero attached hydrogens (tertiary/aromatic N) is 6. The summed E-state index contributed by atoms with van der Waals surface area (Å²) in [7, 11) is 0. The number of rotatable bonds is 10. The molecule has 0 N–H and O–H groups in total. The van der Waals surface area contributed by atoms with E-state index in [-0.39, 0.29) is 28.7 Å². The van der Waals surface area contributed by atoms with Gasteiger partial charge in [0.05, 0.1) is 61.8 Å². The Kier molecular flexibility index (Phi) is 12.6.